The van der Waals surface area contributed by atoms with Crippen LogP contribution in [-0.4, -0.2) is 17.4 Å². The predicted octanol–water partition coefficient (Wildman–Crippen LogP) is 3.27. The number of aryl methyl sites for hydroxylation is 1. The van der Waals surface area contributed by atoms with Gasteiger partial charge in [-0.3, -0.25) is 9.78 Å². The van der Waals surface area contributed by atoms with Gasteiger partial charge in [0.05, 0.1) is 24.0 Å². The Morgan fingerprint density at radius 3 is 3.14 bits per heavy atom. The maximum Gasteiger partial charge on any atom is 0.228 e. The number of rotatable bonds is 3. The van der Waals surface area contributed by atoms with Crippen LogP contribution in [0, 0.1) is 0 Å². The Kier molecular flexibility index (Phi) is 4.06. The van der Waals surface area contributed by atoms with Gasteiger partial charge in [-0.15, -0.1) is 0 Å². The van der Waals surface area contributed by atoms with E-state index in [9.17, 15) is 4.79 Å². The first kappa shape index (κ1) is 13.9. The molecule has 4 nitrogen and oxygen atoms in total. The van der Waals surface area contributed by atoms with Crippen molar-refractivity contribution in [1.29, 1.82) is 0 Å². The third-order valence-corrected chi connectivity index (χ3v) is 3.71. The molecule has 0 saturated heterocycles. The summed E-state index contributed by atoms with van der Waals surface area (Å²) in [6, 6.07) is 7.34. The van der Waals surface area contributed by atoms with Crippen molar-refractivity contribution in [2.24, 2.45) is 0 Å². The molecule has 0 unspecified atom stereocenters. The Bertz CT molecular complexity index is 672. The average Bonchev–Trinajstić information content (AvgIpc) is 2.47. The van der Waals surface area contributed by atoms with Crippen LogP contribution < -0.4 is 10.6 Å². The smallest absolute Gasteiger partial charge is 0.228 e. The molecule has 0 saturated carbocycles. The number of carbonyl (C=O) groups excluding carboxylic acids is 1. The molecule has 21 heavy (non-hydrogen) atoms. The monoisotopic (exact) mass is 301 g/mol. The van der Waals surface area contributed by atoms with Crippen LogP contribution in [-0.2, 0) is 17.6 Å². The first-order valence-electron chi connectivity index (χ1n) is 6.97. The maximum atomic E-state index is 12.2. The van der Waals surface area contributed by atoms with Gasteiger partial charge in [0.25, 0.3) is 0 Å². The summed E-state index contributed by atoms with van der Waals surface area (Å²) in [4.78, 5) is 16.4. The zero-order chi connectivity index (χ0) is 14.7. The number of nitrogens with zero attached hydrogens (tertiary/aromatic N) is 1. The highest BCUT2D eigenvalue weighted by molar-refractivity contribution is 6.30. The highest BCUT2D eigenvalue weighted by atomic mass is 35.5. The number of amides is 1. The van der Waals surface area contributed by atoms with Gasteiger partial charge in [0.2, 0.25) is 5.91 Å². The van der Waals surface area contributed by atoms with Crippen LogP contribution >= 0.6 is 11.6 Å². The number of carbonyl (C=O) groups is 1. The molecule has 2 aromatic rings. The molecule has 0 radical (unpaired) electrons. The van der Waals surface area contributed by atoms with Gasteiger partial charge >= 0.3 is 0 Å². The molecule has 108 valence electrons. The van der Waals surface area contributed by atoms with Crippen LogP contribution in [0.1, 0.15) is 17.5 Å². The number of halogens is 1. The van der Waals surface area contributed by atoms with Gasteiger partial charge in [0, 0.05) is 17.8 Å². The highest BCUT2D eigenvalue weighted by Crippen LogP contribution is 2.29. The van der Waals surface area contributed by atoms with E-state index in [0.717, 1.165) is 41.9 Å². The van der Waals surface area contributed by atoms with E-state index in [1.54, 1.807) is 18.3 Å². The van der Waals surface area contributed by atoms with E-state index in [1.165, 1.54) is 0 Å². The minimum atomic E-state index is -0.0696. The molecule has 1 amide bonds. The van der Waals surface area contributed by atoms with Crippen LogP contribution in [0.2, 0.25) is 5.02 Å². The molecular weight excluding hydrogens is 286 g/mol. The highest BCUT2D eigenvalue weighted by Gasteiger charge is 2.15. The molecule has 0 bridgehead atoms. The van der Waals surface area contributed by atoms with Crippen molar-refractivity contribution in [3.8, 4) is 0 Å². The average molecular weight is 302 g/mol. The summed E-state index contributed by atoms with van der Waals surface area (Å²) in [7, 11) is 0. The van der Waals surface area contributed by atoms with E-state index in [0.29, 0.717) is 11.4 Å². The normalized spacial score (nSPS) is 13.2. The largest absolute Gasteiger partial charge is 0.383 e. The summed E-state index contributed by atoms with van der Waals surface area (Å²) < 4.78 is 0. The molecule has 2 heterocycles. The quantitative estimate of drug-likeness (QED) is 0.915. The fraction of sp³-hybridized carbons (Fsp3) is 0.250. The Balaban J connectivity index is 1.73. The van der Waals surface area contributed by atoms with Crippen LogP contribution in [0.4, 0.5) is 11.4 Å². The summed E-state index contributed by atoms with van der Waals surface area (Å²) in [5, 5.41) is 6.90. The van der Waals surface area contributed by atoms with Gasteiger partial charge in [-0.05, 0) is 36.1 Å². The molecular formula is C16H16ClN3O. The molecule has 2 N–H and O–H groups in total. The number of nitrogens with one attached hydrogen (secondary N) is 2. The molecule has 0 aliphatic carbocycles. The third kappa shape index (κ3) is 3.34. The van der Waals surface area contributed by atoms with Gasteiger partial charge in [0.15, 0.2) is 0 Å². The summed E-state index contributed by atoms with van der Waals surface area (Å²) in [6.45, 7) is 0.925. The van der Waals surface area contributed by atoms with Crippen LogP contribution in [0.5, 0.6) is 0 Å². The Morgan fingerprint density at radius 1 is 1.38 bits per heavy atom. The van der Waals surface area contributed by atoms with Gasteiger partial charge in [-0.2, -0.15) is 0 Å². The summed E-state index contributed by atoms with van der Waals surface area (Å²) in [5.41, 5.74) is 3.79. The van der Waals surface area contributed by atoms with E-state index in [4.69, 9.17) is 11.6 Å². The molecule has 0 spiro atoms. The van der Waals surface area contributed by atoms with Crippen LogP contribution in [0.15, 0.2) is 36.7 Å². The second-order valence-electron chi connectivity index (χ2n) is 5.11. The molecule has 1 aromatic heterocycles. The molecule has 1 aromatic carbocycles. The molecule has 1 aliphatic heterocycles. The lowest BCUT2D eigenvalue weighted by atomic mass is 10.1. The van der Waals surface area contributed by atoms with Gasteiger partial charge in [0.1, 0.15) is 0 Å². The number of fused-ring (bicyclic) bond motifs is 1. The maximum absolute atomic E-state index is 12.2. The summed E-state index contributed by atoms with van der Waals surface area (Å²) in [5.74, 6) is -0.0696. The Hall–Kier alpha value is -2.07. The van der Waals surface area contributed by atoms with E-state index in [2.05, 4.69) is 15.6 Å². The van der Waals surface area contributed by atoms with Crippen molar-refractivity contribution in [3.63, 3.8) is 0 Å². The molecule has 0 atom stereocenters. The van der Waals surface area contributed by atoms with E-state index in [-0.39, 0.29) is 5.91 Å². The van der Waals surface area contributed by atoms with Crippen molar-refractivity contribution in [2.45, 2.75) is 19.3 Å². The molecule has 5 heteroatoms. The van der Waals surface area contributed by atoms with Crippen LogP contribution in [0.25, 0.3) is 0 Å². The minimum Gasteiger partial charge on any atom is -0.383 e. The second kappa shape index (κ2) is 6.14. The Morgan fingerprint density at radius 2 is 2.29 bits per heavy atom. The summed E-state index contributed by atoms with van der Waals surface area (Å²) >= 11 is 5.93. The fourth-order valence-electron chi connectivity index (χ4n) is 2.52. The van der Waals surface area contributed by atoms with Crippen LogP contribution in [0.3, 0.4) is 0 Å². The Labute approximate surface area is 128 Å². The predicted molar refractivity (Wildman–Crippen MR) is 84.8 cm³/mol. The van der Waals surface area contributed by atoms with Crippen molar-refractivity contribution in [2.75, 3.05) is 17.2 Å². The number of hydrogen-bond acceptors (Lipinski definition) is 3. The van der Waals surface area contributed by atoms with Gasteiger partial charge in [-0.25, -0.2) is 0 Å². The number of aromatic nitrogens is 1. The van der Waals surface area contributed by atoms with Crippen molar-refractivity contribution in [3.05, 3.63) is 52.8 Å². The van der Waals surface area contributed by atoms with Gasteiger partial charge < -0.3 is 10.6 Å². The standard InChI is InChI=1S/C16H16ClN3O/c17-13-5-1-3-11(7-13)8-15(21)20-14-10-18-9-12-4-2-6-19-16(12)14/h1,3,5,7,9-10,19H,2,4,6,8H2,(H,20,21). The molecule has 1 aliphatic rings. The number of benzene rings is 1. The summed E-state index contributed by atoms with van der Waals surface area (Å²) in [6.07, 6.45) is 5.92. The first-order chi connectivity index (χ1) is 10.2. The SMILES string of the molecule is O=C(Cc1cccc(Cl)c1)Nc1cncc2c1NCCC2. The van der Waals surface area contributed by atoms with Crippen molar-refractivity contribution < 1.29 is 4.79 Å². The number of anilines is 2. The van der Waals surface area contributed by atoms with E-state index >= 15 is 0 Å². The molecule has 0 fully saturated rings. The van der Waals surface area contributed by atoms with Crippen molar-refractivity contribution >= 4 is 28.9 Å². The van der Waals surface area contributed by atoms with Gasteiger partial charge in [-0.1, -0.05) is 23.7 Å². The molecule has 3 rings (SSSR count). The zero-order valence-electron chi connectivity index (χ0n) is 11.5. The van der Waals surface area contributed by atoms with E-state index in [1.807, 2.05) is 18.3 Å². The minimum absolute atomic E-state index is 0.0696. The zero-order valence-corrected chi connectivity index (χ0v) is 12.3. The van der Waals surface area contributed by atoms with Crippen molar-refractivity contribution in [1.82, 2.24) is 4.98 Å². The lowest BCUT2D eigenvalue weighted by Crippen LogP contribution is -2.19. The third-order valence-electron chi connectivity index (χ3n) is 3.48. The number of hydrogen-bond donors (Lipinski definition) is 2. The lowest BCUT2D eigenvalue weighted by molar-refractivity contribution is -0.115. The number of pyridine rings is 1. The second-order valence-corrected chi connectivity index (χ2v) is 5.54. The lowest BCUT2D eigenvalue weighted by Gasteiger charge is -2.20. The first-order valence-corrected chi connectivity index (χ1v) is 7.35. The fourth-order valence-corrected chi connectivity index (χ4v) is 2.73. The van der Waals surface area contributed by atoms with E-state index < -0.39 is 0 Å². The topological polar surface area (TPSA) is 54.0 Å².